The maximum absolute atomic E-state index is 14.0. The zero-order valence-corrected chi connectivity index (χ0v) is 12.9. The van der Waals surface area contributed by atoms with Gasteiger partial charge in [-0.3, -0.25) is 0 Å². The van der Waals surface area contributed by atoms with Crippen molar-refractivity contribution in [2.75, 3.05) is 13.2 Å². The number of ether oxygens (including phenoxy) is 1. The molecule has 4 heteroatoms. The van der Waals surface area contributed by atoms with Gasteiger partial charge in [-0.25, -0.2) is 4.39 Å². The summed E-state index contributed by atoms with van der Waals surface area (Å²) in [5.41, 5.74) is 0.727. The molecular formula is C15H21BrFNO. The Bertz CT molecular complexity index is 407. The van der Waals surface area contributed by atoms with E-state index in [-0.39, 0.29) is 18.0 Å². The van der Waals surface area contributed by atoms with Crippen molar-refractivity contribution in [2.45, 2.75) is 44.8 Å². The highest BCUT2D eigenvalue weighted by atomic mass is 79.9. The lowest BCUT2D eigenvalue weighted by Crippen LogP contribution is -2.29. The highest BCUT2D eigenvalue weighted by Crippen LogP contribution is 2.28. The number of rotatable bonds is 5. The van der Waals surface area contributed by atoms with Gasteiger partial charge in [-0.1, -0.05) is 22.9 Å². The number of hydrogen-bond acceptors (Lipinski definition) is 2. The highest BCUT2D eigenvalue weighted by Gasteiger charge is 2.22. The molecule has 1 aromatic carbocycles. The number of halogens is 2. The molecule has 2 atom stereocenters. The van der Waals surface area contributed by atoms with Crippen molar-refractivity contribution in [2.24, 2.45) is 0 Å². The molecule has 2 nitrogen and oxygen atoms in total. The molecule has 0 aromatic heterocycles. The van der Waals surface area contributed by atoms with Crippen molar-refractivity contribution < 1.29 is 9.13 Å². The minimum atomic E-state index is -0.148. The summed E-state index contributed by atoms with van der Waals surface area (Å²) < 4.78 is 20.7. The van der Waals surface area contributed by atoms with Crippen LogP contribution in [-0.4, -0.2) is 19.3 Å². The molecule has 106 valence electrons. The third kappa shape index (κ3) is 4.26. The summed E-state index contributed by atoms with van der Waals surface area (Å²) in [6.07, 6.45) is 4.52. The van der Waals surface area contributed by atoms with E-state index in [4.69, 9.17) is 4.74 Å². The summed E-state index contributed by atoms with van der Waals surface area (Å²) in [5, 5.41) is 3.37. The van der Waals surface area contributed by atoms with E-state index < -0.39 is 0 Å². The van der Waals surface area contributed by atoms with Gasteiger partial charge in [-0.2, -0.15) is 0 Å². The van der Waals surface area contributed by atoms with Gasteiger partial charge in [0.1, 0.15) is 5.82 Å². The molecule has 1 saturated heterocycles. The fourth-order valence-corrected chi connectivity index (χ4v) is 2.98. The minimum Gasteiger partial charge on any atom is -0.378 e. The van der Waals surface area contributed by atoms with Crippen LogP contribution >= 0.6 is 15.9 Å². The first-order valence-corrected chi connectivity index (χ1v) is 7.80. The van der Waals surface area contributed by atoms with Crippen LogP contribution in [0.4, 0.5) is 4.39 Å². The molecule has 0 radical (unpaired) electrons. The largest absolute Gasteiger partial charge is 0.378 e. The van der Waals surface area contributed by atoms with Gasteiger partial charge < -0.3 is 10.1 Å². The van der Waals surface area contributed by atoms with E-state index in [9.17, 15) is 4.39 Å². The van der Waals surface area contributed by atoms with Crippen LogP contribution in [0.3, 0.4) is 0 Å². The van der Waals surface area contributed by atoms with E-state index in [2.05, 4.69) is 21.2 Å². The molecule has 1 aliphatic rings. The van der Waals surface area contributed by atoms with Gasteiger partial charge in [-0.15, -0.1) is 0 Å². The second-order valence-corrected chi connectivity index (χ2v) is 5.92. The predicted octanol–water partition coefficient (Wildman–Crippen LogP) is 4.20. The van der Waals surface area contributed by atoms with Gasteiger partial charge in [0, 0.05) is 22.7 Å². The first-order valence-electron chi connectivity index (χ1n) is 7.00. The average molecular weight is 330 g/mol. The number of benzene rings is 1. The van der Waals surface area contributed by atoms with Crippen LogP contribution in [0.5, 0.6) is 0 Å². The highest BCUT2D eigenvalue weighted by molar-refractivity contribution is 9.10. The Hall–Kier alpha value is -0.450. The molecule has 0 saturated carbocycles. The smallest absolute Gasteiger partial charge is 0.128 e. The Balaban J connectivity index is 2.11. The summed E-state index contributed by atoms with van der Waals surface area (Å²) in [4.78, 5) is 0. The second kappa shape index (κ2) is 7.36. The molecule has 2 rings (SSSR count). The molecule has 1 heterocycles. The molecule has 1 aromatic rings. The van der Waals surface area contributed by atoms with Gasteiger partial charge in [0.25, 0.3) is 0 Å². The first-order chi connectivity index (χ1) is 9.20. The zero-order valence-electron chi connectivity index (χ0n) is 11.3. The average Bonchev–Trinajstić information content (AvgIpc) is 2.42. The van der Waals surface area contributed by atoms with Crippen LogP contribution in [0.2, 0.25) is 0 Å². The van der Waals surface area contributed by atoms with Crippen molar-refractivity contribution >= 4 is 15.9 Å². The lowest BCUT2D eigenvalue weighted by atomic mass is 9.96. The van der Waals surface area contributed by atoms with Crippen LogP contribution in [0.1, 0.15) is 44.2 Å². The molecule has 0 aliphatic carbocycles. The first kappa shape index (κ1) is 14.9. The molecule has 0 spiro atoms. The van der Waals surface area contributed by atoms with Gasteiger partial charge in [-0.05, 0) is 50.4 Å². The fraction of sp³-hybridized carbons (Fsp3) is 0.600. The van der Waals surface area contributed by atoms with Crippen LogP contribution < -0.4 is 5.32 Å². The van der Waals surface area contributed by atoms with Crippen molar-refractivity contribution in [3.8, 4) is 0 Å². The molecule has 1 N–H and O–H groups in total. The number of nitrogens with one attached hydrogen (secondary N) is 1. The standard InChI is InChI=1S/C15H21BrFNO/c1-2-18-15(10-12-5-3-4-8-19-12)13-9-11(16)6-7-14(13)17/h6-7,9,12,15,18H,2-5,8,10H2,1H3. The van der Waals surface area contributed by atoms with Crippen molar-refractivity contribution in [1.82, 2.24) is 5.32 Å². The van der Waals surface area contributed by atoms with E-state index in [0.717, 1.165) is 42.5 Å². The van der Waals surface area contributed by atoms with E-state index in [1.165, 1.54) is 12.5 Å². The topological polar surface area (TPSA) is 21.3 Å². The normalized spacial score (nSPS) is 21.3. The van der Waals surface area contributed by atoms with Gasteiger partial charge in [0.05, 0.1) is 6.10 Å². The van der Waals surface area contributed by atoms with Crippen LogP contribution in [0, 0.1) is 5.82 Å². The Kier molecular flexibility index (Phi) is 5.79. The van der Waals surface area contributed by atoms with Gasteiger partial charge >= 0.3 is 0 Å². The molecule has 1 fully saturated rings. The lowest BCUT2D eigenvalue weighted by Gasteiger charge is -2.28. The minimum absolute atomic E-state index is 0.0191. The Morgan fingerprint density at radius 2 is 2.32 bits per heavy atom. The molecule has 0 amide bonds. The Morgan fingerprint density at radius 1 is 1.47 bits per heavy atom. The SMILES string of the molecule is CCNC(CC1CCCCO1)c1cc(Br)ccc1F. The monoisotopic (exact) mass is 329 g/mol. The van der Waals surface area contributed by atoms with E-state index in [1.807, 2.05) is 13.0 Å². The summed E-state index contributed by atoms with van der Waals surface area (Å²) in [7, 11) is 0. The lowest BCUT2D eigenvalue weighted by molar-refractivity contribution is 0.00494. The van der Waals surface area contributed by atoms with Crippen molar-refractivity contribution in [1.29, 1.82) is 0 Å². The van der Waals surface area contributed by atoms with E-state index in [1.54, 1.807) is 6.07 Å². The van der Waals surface area contributed by atoms with Crippen LogP contribution in [0.25, 0.3) is 0 Å². The Labute approximate surface area is 122 Å². The molecule has 2 unspecified atom stereocenters. The van der Waals surface area contributed by atoms with E-state index in [0.29, 0.717) is 0 Å². The summed E-state index contributed by atoms with van der Waals surface area (Å²) >= 11 is 3.42. The van der Waals surface area contributed by atoms with Crippen molar-refractivity contribution in [3.05, 3.63) is 34.1 Å². The molecule has 0 bridgehead atoms. The fourth-order valence-electron chi connectivity index (χ4n) is 2.60. The molecule has 1 aliphatic heterocycles. The third-order valence-electron chi connectivity index (χ3n) is 3.56. The number of hydrogen-bond donors (Lipinski definition) is 1. The molecular weight excluding hydrogens is 309 g/mol. The maximum Gasteiger partial charge on any atom is 0.128 e. The van der Waals surface area contributed by atoms with Gasteiger partial charge in [0.2, 0.25) is 0 Å². The van der Waals surface area contributed by atoms with E-state index >= 15 is 0 Å². The van der Waals surface area contributed by atoms with Crippen LogP contribution in [-0.2, 0) is 4.74 Å². The van der Waals surface area contributed by atoms with Crippen molar-refractivity contribution in [3.63, 3.8) is 0 Å². The van der Waals surface area contributed by atoms with Gasteiger partial charge in [0.15, 0.2) is 0 Å². The summed E-state index contributed by atoms with van der Waals surface area (Å²) in [5.74, 6) is -0.148. The predicted molar refractivity (Wildman–Crippen MR) is 78.7 cm³/mol. The second-order valence-electron chi connectivity index (χ2n) is 5.00. The zero-order chi connectivity index (χ0) is 13.7. The summed E-state index contributed by atoms with van der Waals surface area (Å²) in [6, 6.07) is 5.14. The third-order valence-corrected chi connectivity index (χ3v) is 4.05. The Morgan fingerprint density at radius 3 is 3.00 bits per heavy atom. The quantitative estimate of drug-likeness (QED) is 0.874. The summed E-state index contributed by atoms with van der Waals surface area (Å²) in [6.45, 7) is 3.71. The van der Waals surface area contributed by atoms with Crippen LogP contribution in [0.15, 0.2) is 22.7 Å². The maximum atomic E-state index is 14.0. The molecule has 19 heavy (non-hydrogen) atoms.